The number of carbonyl (C=O) groups is 2. The maximum atomic E-state index is 13.5. The van der Waals surface area contributed by atoms with E-state index in [4.69, 9.17) is 0 Å². The number of hydrogen-bond donors (Lipinski definition) is 2. The third-order valence-corrected chi connectivity index (χ3v) is 19.3. The van der Waals surface area contributed by atoms with Crippen molar-refractivity contribution < 1.29 is 9.59 Å². The summed E-state index contributed by atoms with van der Waals surface area (Å²) in [5.41, 5.74) is 7.30. The number of nitrogens with one attached hydrogen (secondary N) is 2. The van der Waals surface area contributed by atoms with E-state index in [9.17, 15) is 9.59 Å². The second-order valence-corrected chi connectivity index (χ2v) is 27.7. The molecule has 0 aromatic heterocycles. The van der Waals surface area contributed by atoms with E-state index >= 15 is 0 Å². The highest BCUT2D eigenvalue weighted by Crippen LogP contribution is 2.24. The minimum Gasteiger partial charge on any atom is -0.389 e. The van der Waals surface area contributed by atoms with Gasteiger partial charge in [-0.3, -0.25) is 9.59 Å². The van der Waals surface area contributed by atoms with Gasteiger partial charge < -0.3 is 10.6 Å². The SMILES string of the molecule is CCCCCCCCCCCCCCCCc1ccc(C(=O)/C=C/NCCN/C=C/C(=O)c2ccc(CCCCCCCCCCCCCCCC)c(CCCCCCCCCCCCCCCC)c2)cc1CCCCCCCCCCCCCCCC. The van der Waals surface area contributed by atoms with Crippen molar-refractivity contribution in [3.8, 4) is 0 Å². The van der Waals surface area contributed by atoms with Crippen LogP contribution in [0.15, 0.2) is 61.0 Å². The first kappa shape index (κ1) is 81.0. The number of unbranched alkanes of at least 4 members (excludes halogenated alkanes) is 52. The molecule has 2 N–H and O–H groups in total. The summed E-state index contributed by atoms with van der Waals surface area (Å²) in [6.07, 6.45) is 88.6. The molecule has 0 fully saturated rings. The maximum absolute atomic E-state index is 13.5. The van der Waals surface area contributed by atoms with E-state index < -0.39 is 0 Å². The minimum absolute atomic E-state index is 0.0607. The first-order chi connectivity index (χ1) is 43.5. The molecule has 0 atom stereocenters. The van der Waals surface area contributed by atoms with Crippen molar-refractivity contribution in [1.29, 1.82) is 0 Å². The van der Waals surface area contributed by atoms with Gasteiger partial charge in [0.25, 0.3) is 0 Å². The Balaban J connectivity index is 1.85. The lowest BCUT2D eigenvalue weighted by Gasteiger charge is -2.12. The van der Waals surface area contributed by atoms with Gasteiger partial charge in [0.1, 0.15) is 0 Å². The maximum Gasteiger partial charge on any atom is 0.187 e. The van der Waals surface area contributed by atoms with Gasteiger partial charge in [-0.1, -0.05) is 386 Å². The van der Waals surface area contributed by atoms with Crippen molar-refractivity contribution in [3.05, 3.63) is 94.3 Å². The van der Waals surface area contributed by atoms with Gasteiger partial charge in [-0.25, -0.2) is 0 Å². The topological polar surface area (TPSA) is 58.2 Å². The molecule has 88 heavy (non-hydrogen) atoms. The Morgan fingerprint density at radius 3 is 0.636 bits per heavy atom. The average Bonchev–Trinajstić information content (AvgIpc) is 3.26. The monoisotopic (exact) mass is 1220 g/mol. The van der Waals surface area contributed by atoms with E-state index in [0.29, 0.717) is 13.1 Å². The summed E-state index contributed by atoms with van der Waals surface area (Å²) in [4.78, 5) is 27.1. The molecule has 0 amide bonds. The number of allylic oxidation sites excluding steroid dienone is 2. The molecule has 506 valence electrons. The van der Waals surface area contributed by atoms with Crippen molar-refractivity contribution in [2.75, 3.05) is 13.1 Å². The Hall–Kier alpha value is -3.14. The summed E-state index contributed by atoms with van der Waals surface area (Å²) in [7, 11) is 0. The number of hydrogen-bond acceptors (Lipinski definition) is 4. The lowest BCUT2D eigenvalue weighted by atomic mass is 9.93. The minimum atomic E-state index is 0.0607. The summed E-state index contributed by atoms with van der Waals surface area (Å²) in [5, 5.41) is 6.63. The molecular weight excluding hydrogens is 1070 g/mol. The molecule has 4 heteroatoms. The molecule has 4 nitrogen and oxygen atoms in total. The Bertz CT molecular complexity index is 1760. The predicted molar refractivity (Wildman–Crippen MR) is 392 cm³/mol. The Labute approximate surface area is 549 Å². The van der Waals surface area contributed by atoms with Crippen LogP contribution in [0.2, 0.25) is 0 Å². The molecule has 0 aliphatic heterocycles. The Morgan fingerprint density at radius 2 is 0.432 bits per heavy atom. The van der Waals surface area contributed by atoms with Gasteiger partial charge in [0.05, 0.1) is 0 Å². The zero-order chi connectivity index (χ0) is 62.9. The molecule has 0 spiro atoms. The lowest BCUT2D eigenvalue weighted by molar-refractivity contribution is 0.103. The van der Waals surface area contributed by atoms with Gasteiger partial charge in [-0.2, -0.15) is 0 Å². The van der Waals surface area contributed by atoms with Gasteiger partial charge in [0.2, 0.25) is 0 Å². The summed E-state index contributed by atoms with van der Waals surface area (Å²) < 4.78 is 0. The van der Waals surface area contributed by atoms with Crippen LogP contribution in [-0.4, -0.2) is 24.7 Å². The van der Waals surface area contributed by atoms with E-state index in [0.717, 1.165) is 36.8 Å². The van der Waals surface area contributed by atoms with E-state index in [1.807, 2.05) is 0 Å². The molecule has 0 heterocycles. The van der Waals surface area contributed by atoms with Crippen molar-refractivity contribution >= 4 is 11.6 Å². The van der Waals surface area contributed by atoms with Crippen LogP contribution in [-0.2, 0) is 25.7 Å². The van der Waals surface area contributed by atoms with Crippen molar-refractivity contribution in [2.24, 2.45) is 0 Å². The molecule has 2 aromatic carbocycles. The fourth-order valence-electron chi connectivity index (χ4n) is 13.3. The van der Waals surface area contributed by atoms with Crippen LogP contribution in [0.5, 0.6) is 0 Å². The zero-order valence-corrected chi connectivity index (χ0v) is 59.4. The van der Waals surface area contributed by atoms with E-state index in [1.165, 1.54) is 382 Å². The average molecular weight is 1220 g/mol. The summed E-state index contributed by atoms with van der Waals surface area (Å²) in [6.45, 7) is 10.5. The highest BCUT2D eigenvalue weighted by atomic mass is 16.1. The molecule has 0 radical (unpaired) electrons. The molecular formula is C84H148N2O2. The number of carbonyl (C=O) groups excluding carboxylic acids is 2. The fraction of sp³-hybridized carbons (Fsp3) is 0.786. The third kappa shape index (κ3) is 49.5. The van der Waals surface area contributed by atoms with Crippen molar-refractivity contribution in [3.63, 3.8) is 0 Å². The summed E-state index contributed by atoms with van der Waals surface area (Å²) >= 11 is 0. The quantitative estimate of drug-likeness (QED) is 0.0394. The van der Waals surface area contributed by atoms with Crippen LogP contribution in [0.3, 0.4) is 0 Å². The van der Waals surface area contributed by atoms with Gasteiger partial charge >= 0.3 is 0 Å². The van der Waals surface area contributed by atoms with Crippen molar-refractivity contribution in [1.82, 2.24) is 10.6 Å². The molecule has 2 aromatic rings. The van der Waals surface area contributed by atoms with E-state index in [2.05, 4.69) is 74.7 Å². The van der Waals surface area contributed by atoms with Crippen molar-refractivity contribution in [2.45, 2.75) is 413 Å². The highest BCUT2D eigenvalue weighted by Gasteiger charge is 2.11. The van der Waals surface area contributed by atoms with Gasteiger partial charge in [-0.05, 0) is 85.8 Å². The van der Waals surface area contributed by atoms with Gasteiger partial charge in [-0.15, -0.1) is 0 Å². The zero-order valence-electron chi connectivity index (χ0n) is 59.4. The first-order valence-corrected chi connectivity index (χ1v) is 39.7. The van der Waals surface area contributed by atoms with Crippen LogP contribution in [0.4, 0.5) is 0 Å². The molecule has 0 bridgehead atoms. The standard InChI is InChI=1S/C84H148N2O2/c1-5-9-13-17-21-25-29-33-37-41-45-49-53-57-61-77-65-67-81(75-79(77)63-59-55-51-47-43-39-35-31-27-23-19-15-11-7-3)83(87)69-71-85-73-74-86-72-70-84(88)82-68-66-78(62-58-54-50-46-42-38-34-30-26-22-18-14-10-6-2)80(76-82)64-60-56-52-48-44-40-36-32-28-24-20-16-12-8-4/h65-72,75-76,85-86H,5-64,73-74H2,1-4H3/b71-69+,72-70+. The first-order valence-electron chi connectivity index (χ1n) is 39.7. The molecule has 0 saturated carbocycles. The molecule has 0 unspecified atom stereocenters. The van der Waals surface area contributed by atoms with E-state index in [-0.39, 0.29) is 11.6 Å². The summed E-state index contributed by atoms with van der Waals surface area (Å²) in [5.74, 6) is 0.121. The molecule has 2 rings (SSSR count). The Morgan fingerprint density at radius 1 is 0.250 bits per heavy atom. The molecule has 0 aliphatic rings. The second-order valence-electron chi connectivity index (χ2n) is 27.7. The van der Waals surface area contributed by atoms with Crippen LogP contribution in [0, 0.1) is 0 Å². The molecule has 0 aliphatic carbocycles. The number of ketones is 2. The van der Waals surface area contributed by atoms with E-state index in [1.54, 1.807) is 24.6 Å². The number of rotatable bonds is 69. The van der Waals surface area contributed by atoms with Crippen LogP contribution >= 0.6 is 0 Å². The van der Waals surface area contributed by atoms with Crippen LogP contribution < -0.4 is 10.6 Å². The smallest absolute Gasteiger partial charge is 0.187 e. The van der Waals surface area contributed by atoms with Gasteiger partial charge in [0.15, 0.2) is 11.6 Å². The largest absolute Gasteiger partial charge is 0.389 e. The number of benzene rings is 2. The van der Waals surface area contributed by atoms with Crippen LogP contribution in [0.1, 0.15) is 430 Å². The normalized spacial score (nSPS) is 11.7. The predicted octanol–water partition coefficient (Wildman–Crippen LogP) is 27.1. The molecule has 0 saturated heterocycles. The Kier molecular flexibility index (Phi) is 58.9. The summed E-state index contributed by atoms with van der Waals surface area (Å²) in [6, 6.07) is 13.1. The fourth-order valence-corrected chi connectivity index (χ4v) is 13.3. The second kappa shape index (κ2) is 64.0. The number of aryl methyl sites for hydroxylation is 4. The van der Waals surface area contributed by atoms with Gasteiger partial charge in [0, 0.05) is 48.8 Å². The van der Waals surface area contributed by atoms with Crippen LogP contribution in [0.25, 0.3) is 0 Å². The lowest BCUT2D eigenvalue weighted by Crippen LogP contribution is -2.20. The third-order valence-electron chi connectivity index (χ3n) is 19.3. The highest BCUT2D eigenvalue weighted by molar-refractivity contribution is 6.05.